The van der Waals surface area contributed by atoms with Gasteiger partial charge in [0.1, 0.15) is 22.1 Å². The van der Waals surface area contributed by atoms with E-state index in [-0.39, 0.29) is 5.91 Å². The molecule has 2 heterocycles. The molecule has 0 aliphatic rings. The van der Waals surface area contributed by atoms with E-state index < -0.39 is 5.25 Å². The normalized spacial score (nSPS) is 12.1. The number of hydrogen-bond donors (Lipinski definition) is 2. The van der Waals surface area contributed by atoms with Crippen molar-refractivity contribution in [1.82, 2.24) is 19.9 Å². The van der Waals surface area contributed by atoms with E-state index in [9.17, 15) is 4.79 Å². The van der Waals surface area contributed by atoms with E-state index in [2.05, 4.69) is 25.3 Å². The summed E-state index contributed by atoms with van der Waals surface area (Å²) in [4.78, 5) is 28.9. The van der Waals surface area contributed by atoms with E-state index in [1.165, 1.54) is 18.1 Å². The lowest BCUT2D eigenvalue weighted by Gasteiger charge is -2.17. The van der Waals surface area contributed by atoms with Gasteiger partial charge in [-0.2, -0.15) is 0 Å². The van der Waals surface area contributed by atoms with Crippen LogP contribution in [-0.4, -0.2) is 25.8 Å². The van der Waals surface area contributed by atoms with Crippen molar-refractivity contribution in [3.63, 3.8) is 0 Å². The third-order valence-corrected chi connectivity index (χ3v) is 5.96. The number of anilines is 1. The smallest absolute Gasteiger partial charge is 0.242 e. The highest BCUT2D eigenvalue weighted by molar-refractivity contribution is 8.00. The molecule has 2 aromatic heterocycles. The molecule has 0 fully saturated rings. The zero-order valence-corrected chi connectivity index (χ0v) is 16.5. The number of halogens is 1. The number of H-pyrrole nitrogens is 1. The molecule has 4 aromatic rings. The minimum Gasteiger partial charge on any atom is -0.341 e. The van der Waals surface area contributed by atoms with Crippen LogP contribution in [0, 0.1) is 6.92 Å². The first-order valence-electron chi connectivity index (χ1n) is 8.55. The predicted octanol–water partition coefficient (Wildman–Crippen LogP) is 4.79. The average molecular weight is 410 g/mol. The van der Waals surface area contributed by atoms with E-state index in [0.717, 1.165) is 11.1 Å². The number of nitrogens with one attached hydrogen (secondary N) is 2. The van der Waals surface area contributed by atoms with Gasteiger partial charge >= 0.3 is 0 Å². The summed E-state index contributed by atoms with van der Waals surface area (Å²) < 4.78 is 0. The highest BCUT2D eigenvalue weighted by Crippen LogP contribution is 2.38. The summed E-state index contributed by atoms with van der Waals surface area (Å²) in [7, 11) is 0. The first kappa shape index (κ1) is 18.5. The molecular weight excluding hydrogens is 394 g/mol. The number of benzene rings is 2. The lowest BCUT2D eigenvalue weighted by Crippen LogP contribution is -2.19. The Kier molecular flexibility index (Phi) is 5.27. The van der Waals surface area contributed by atoms with Crippen molar-refractivity contribution in [2.24, 2.45) is 0 Å². The fourth-order valence-corrected chi connectivity index (χ4v) is 4.02. The summed E-state index contributed by atoms with van der Waals surface area (Å²) >= 11 is 7.69. The number of rotatable bonds is 5. The Morgan fingerprint density at radius 1 is 1.11 bits per heavy atom. The molecule has 0 aliphatic carbocycles. The van der Waals surface area contributed by atoms with Crippen molar-refractivity contribution in [2.45, 2.75) is 17.2 Å². The lowest BCUT2D eigenvalue weighted by molar-refractivity contribution is -0.115. The second-order valence-corrected chi connectivity index (χ2v) is 7.59. The number of carbonyl (C=O) groups excluding carboxylic acids is 1. The molecule has 1 atom stereocenters. The van der Waals surface area contributed by atoms with Crippen molar-refractivity contribution in [3.8, 4) is 0 Å². The van der Waals surface area contributed by atoms with Crippen LogP contribution in [0.5, 0.6) is 0 Å². The Morgan fingerprint density at radius 2 is 1.93 bits per heavy atom. The second kappa shape index (κ2) is 8.00. The lowest BCUT2D eigenvalue weighted by atomic mass is 10.1. The van der Waals surface area contributed by atoms with E-state index >= 15 is 0 Å². The van der Waals surface area contributed by atoms with Crippen molar-refractivity contribution < 1.29 is 4.79 Å². The van der Waals surface area contributed by atoms with Crippen LogP contribution >= 0.6 is 23.4 Å². The van der Waals surface area contributed by atoms with Crippen LogP contribution in [0.1, 0.15) is 16.4 Å². The maximum Gasteiger partial charge on any atom is 0.242 e. The number of hydrogen-bond acceptors (Lipinski definition) is 5. The molecule has 0 spiro atoms. The number of imidazole rings is 1. The van der Waals surface area contributed by atoms with Crippen molar-refractivity contribution in [1.29, 1.82) is 0 Å². The number of nitrogens with zero attached hydrogens (tertiary/aromatic N) is 3. The molecule has 2 aromatic carbocycles. The Morgan fingerprint density at radius 3 is 2.75 bits per heavy atom. The molecule has 6 nitrogen and oxygen atoms in total. The van der Waals surface area contributed by atoms with Gasteiger partial charge in [-0.25, -0.2) is 15.0 Å². The van der Waals surface area contributed by atoms with Gasteiger partial charge in [0, 0.05) is 0 Å². The zero-order chi connectivity index (χ0) is 19.5. The summed E-state index contributed by atoms with van der Waals surface area (Å²) in [6.45, 7) is 1.90. The summed E-state index contributed by atoms with van der Waals surface area (Å²) in [5.74, 6) is -0.185. The number of aryl methyl sites for hydroxylation is 1. The third kappa shape index (κ3) is 3.72. The Balaban J connectivity index is 1.69. The topological polar surface area (TPSA) is 83.6 Å². The van der Waals surface area contributed by atoms with Gasteiger partial charge < -0.3 is 10.3 Å². The van der Waals surface area contributed by atoms with Gasteiger partial charge in [-0.05, 0) is 24.1 Å². The van der Waals surface area contributed by atoms with Crippen LogP contribution in [0.3, 0.4) is 0 Å². The quantitative estimate of drug-likeness (QED) is 0.366. The standard InChI is InChI=1S/C20H16ClN5OS/c1-12-6-5-9-14(15(12)21)26-19(27)17(13-7-3-2-4-8-13)28-20-16-18(23-10-22-16)24-11-25-20/h2-11,17H,1H3,(H,26,27)(H,22,23,24,25). The molecule has 0 saturated carbocycles. The van der Waals surface area contributed by atoms with E-state index in [1.807, 2.05) is 49.4 Å². The van der Waals surface area contributed by atoms with Crippen LogP contribution in [0.15, 0.2) is 66.2 Å². The fraction of sp³-hybridized carbons (Fsp3) is 0.100. The van der Waals surface area contributed by atoms with Crippen molar-refractivity contribution in [3.05, 3.63) is 77.3 Å². The second-order valence-electron chi connectivity index (χ2n) is 6.11. The zero-order valence-electron chi connectivity index (χ0n) is 14.9. The highest BCUT2D eigenvalue weighted by atomic mass is 35.5. The largest absolute Gasteiger partial charge is 0.341 e. The molecular formula is C20H16ClN5OS. The minimum atomic E-state index is -0.529. The predicted molar refractivity (Wildman–Crippen MR) is 112 cm³/mol. The molecule has 0 radical (unpaired) electrons. The number of amides is 1. The van der Waals surface area contributed by atoms with Gasteiger partial charge in [0.05, 0.1) is 17.0 Å². The SMILES string of the molecule is Cc1cccc(NC(=O)C(Sc2ncnc3nc[nH]c23)c2ccccc2)c1Cl. The van der Waals surface area contributed by atoms with Crippen LogP contribution in [-0.2, 0) is 4.79 Å². The number of carbonyl (C=O) groups is 1. The molecule has 1 unspecified atom stereocenters. The third-order valence-electron chi connectivity index (χ3n) is 4.21. The number of thioether (sulfide) groups is 1. The van der Waals surface area contributed by atoms with Gasteiger partial charge in [0.15, 0.2) is 5.65 Å². The van der Waals surface area contributed by atoms with Crippen molar-refractivity contribution >= 4 is 46.1 Å². The average Bonchev–Trinajstić information content (AvgIpc) is 3.20. The summed E-state index contributed by atoms with van der Waals surface area (Å²) in [6.07, 6.45) is 3.01. The van der Waals surface area contributed by atoms with Gasteiger partial charge in [-0.1, -0.05) is 65.8 Å². The summed E-state index contributed by atoms with van der Waals surface area (Å²) in [5.41, 5.74) is 3.61. The van der Waals surface area contributed by atoms with Gasteiger partial charge in [0.25, 0.3) is 0 Å². The van der Waals surface area contributed by atoms with E-state index in [1.54, 1.807) is 12.4 Å². The fourth-order valence-electron chi connectivity index (χ4n) is 2.79. The Labute approximate surface area is 170 Å². The first-order valence-corrected chi connectivity index (χ1v) is 9.81. The molecule has 4 rings (SSSR count). The van der Waals surface area contributed by atoms with Gasteiger partial charge in [-0.3, -0.25) is 4.79 Å². The van der Waals surface area contributed by atoms with E-state index in [0.29, 0.717) is 26.9 Å². The number of aromatic nitrogens is 4. The molecule has 28 heavy (non-hydrogen) atoms. The number of fused-ring (bicyclic) bond motifs is 1. The maximum absolute atomic E-state index is 13.2. The molecule has 2 N–H and O–H groups in total. The first-order chi connectivity index (χ1) is 13.6. The molecule has 0 saturated heterocycles. The highest BCUT2D eigenvalue weighted by Gasteiger charge is 2.25. The van der Waals surface area contributed by atoms with Gasteiger partial charge in [0.2, 0.25) is 5.91 Å². The van der Waals surface area contributed by atoms with Crippen LogP contribution in [0.4, 0.5) is 5.69 Å². The van der Waals surface area contributed by atoms with E-state index in [4.69, 9.17) is 11.6 Å². The van der Waals surface area contributed by atoms with Crippen LogP contribution in [0.25, 0.3) is 11.2 Å². The van der Waals surface area contributed by atoms with Crippen LogP contribution in [0.2, 0.25) is 5.02 Å². The van der Waals surface area contributed by atoms with Crippen molar-refractivity contribution in [2.75, 3.05) is 5.32 Å². The number of aromatic amines is 1. The molecule has 1 amide bonds. The Bertz CT molecular complexity index is 1130. The summed E-state index contributed by atoms with van der Waals surface area (Å²) in [5, 5.41) is 3.61. The monoisotopic (exact) mass is 409 g/mol. The molecule has 0 bridgehead atoms. The summed E-state index contributed by atoms with van der Waals surface area (Å²) in [6, 6.07) is 15.1. The Hall–Kier alpha value is -2.90. The molecule has 0 aliphatic heterocycles. The molecule has 8 heteroatoms. The van der Waals surface area contributed by atoms with Gasteiger partial charge in [-0.15, -0.1) is 0 Å². The molecule has 140 valence electrons. The van der Waals surface area contributed by atoms with Crippen LogP contribution < -0.4 is 5.32 Å². The minimum absolute atomic E-state index is 0.185. The maximum atomic E-state index is 13.2.